The summed E-state index contributed by atoms with van der Waals surface area (Å²) in [5.74, 6) is -0.868. The van der Waals surface area contributed by atoms with Gasteiger partial charge < -0.3 is 14.2 Å². The predicted octanol–water partition coefficient (Wildman–Crippen LogP) is 24.6. The third-order valence-electron chi connectivity index (χ3n) is 16.4. The highest BCUT2D eigenvalue weighted by atomic mass is 16.6. The van der Waals surface area contributed by atoms with E-state index < -0.39 is 6.10 Å². The van der Waals surface area contributed by atoms with Crippen LogP contribution in [-0.4, -0.2) is 37.2 Å². The summed E-state index contributed by atoms with van der Waals surface area (Å²) >= 11 is 0. The second-order valence-corrected chi connectivity index (χ2v) is 24.5. The lowest BCUT2D eigenvalue weighted by atomic mass is 10.0. The summed E-state index contributed by atoms with van der Waals surface area (Å²) in [6.45, 7) is 6.63. The Hall–Kier alpha value is -2.11. The summed E-state index contributed by atoms with van der Waals surface area (Å²) in [6.07, 6.45) is 83.9. The summed E-state index contributed by atoms with van der Waals surface area (Å²) in [7, 11) is 0. The largest absolute Gasteiger partial charge is 0.462 e. The summed E-state index contributed by atoms with van der Waals surface area (Å²) < 4.78 is 16.9. The van der Waals surface area contributed by atoms with E-state index in [1.54, 1.807) is 0 Å². The van der Waals surface area contributed by atoms with Gasteiger partial charge in [-0.3, -0.25) is 14.4 Å². The van der Waals surface area contributed by atoms with Gasteiger partial charge in [0.1, 0.15) is 13.2 Å². The van der Waals surface area contributed by atoms with Crippen molar-refractivity contribution in [2.75, 3.05) is 13.2 Å². The van der Waals surface area contributed by atoms with Gasteiger partial charge in [-0.1, -0.05) is 347 Å². The highest BCUT2D eigenvalue weighted by molar-refractivity contribution is 5.71. The molecule has 0 aromatic heterocycles. The number of allylic oxidation sites excluding steroid dienone is 4. The van der Waals surface area contributed by atoms with Crippen LogP contribution in [0.2, 0.25) is 0 Å². The first-order valence-corrected chi connectivity index (χ1v) is 35.8. The number of carbonyl (C=O) groups is 3. The first-order valence-electron chi connectivity index (χ1n) is 35.8. The molecule has 0 heterocycles. The molecule has 0 N–H and O–H groups in total. The van der Waals surface area contributed by atoms with Crippen molar-refractivity contribution in [3.05, 3.63) is 24.3 Å². The maximum absolute atomic E-state index is 12.9. The number of esters is 3. The molecule has 0 fully saturated rings. The van der Waals surface area contributed by atoms with E-state index in [4.69, 9.17) is 14.2 Å². The van der Waals surface area contributed by atoms with Gasteiger partial charge in [0, 0.05) is 19.3 Å². The van der Waals surface area contributed by atoms with Crippen LogP contribution in [0.15, 0.2) is 24.3 Å². The molecule has 0 amide bonds. The molecule has 466 valence electrons. The van der Waals surface area contributed by atoms with Crippen molar-refractivity contribution < 1.29 is 28.6 Å². The molecule has 0 rings (SSSR count). The summed E-state index contributed by atoms with van der Waals surface area (Å²) in [5, 5.41) is 0. The molecule has 0 aliphatic rings. The molecule has 0 aliphatic heterocycles. The molecule has 6 heteroatoms. The van der Waals surface area contributed by atoms with Crippen molar-refractivity contribution >= 4 is 17.9 Å². The zero-order valence-electron chi connectivity index (χ0n) is 53.7. The molecular weight excluding hydrogens is 973 g/mol. The molecule has 6 nitrogen and oxygen atoms in total. The van der Waals surface area contributed by atoms with Crippen LogP contribution < -0.4 is 0 Å². The average molecular weight is 1110 g/mol. The van der Waals surface area contributed by atoms with Gasteiger partial charge in [0.2, 0.25) is 0 Å². The van der Waals surface area contributed by atoms with Gasteiger partial charge >= 0.3 is 17.9 Å². The maximum atomic E-state index is 12.9. The first kappa shape index (κ1) is 76.9. The fraction of sp³-hybridized carbons (Fsp3) is 0.904. The van der Waals surface area contributed by atoms with Gasteiger partial charge in [-0.05, 0) is 64.2 Å². The van der Waals surface area contributed by atoms with Crippen molar-refractivity contribution in [1.29, 1.82) is 0 Å². The van der Waals surface area contributed by atoms with Crippen molar-refractivity contribution in [2.45, 2.75) is 412 Å². The van der Waals surface area contributed by atoms with Crippen LogP contribution in [0.25, 0.3) is 0 Å². The second kappa shape index (κ2) is 68.4. The van der Waals surface area contributed by atoms with Crippen molar-refractivity contribution in [1.82, 2.24) is 0 Å². The van der Waals surface area contributed by atoms with Crippen molar-refractivity contribution in [3.8, 4) is 0 Å². The quantitative estimate of drug-likeness (QED) is 0.0261. The van der Waals surface area contributed by atoms with Crippen LogP contribution in [0, 0.1) is 0 Å². The highest BCUT2D eigenvalue weighted by Crippen LogP contribution is 2.19. The second-order valence-electron chi connectivity index (χ2n) is 24.5. The highest BCUT2D eigenvalue weighted by Gasteiger charge is 2.19. The smallest absolute Gasteiger partial charge is 0.306 e. The molecular formula is C73H138O6. The van der Waals surface area contributed by atoms with E-state index in [-0.39, 0.29) is 31.1 Å². The molecule has 79 heavy (non-hydrogen) atoms. The van der Waals surface area contributed by atoms with Crippen molar-refractivity contribution in [2.24, 2.45) is 0 Å². The molecule has 0 aliphatic carbocycles. The lowest BCUT2D eigenvalue weighted by Crippen LogP contribution is -2.30. The maximum Gasteiger partial charge on any atom is 0.306 e. The van der Waals surface area contributed by atoms with E-state index in [2.05, 4.69) is 45.1 Å². The Morgan fingerprint density at radius 2 is 0.443 bits per heavy atom. The van der Waals surface area contributed by atoms with Gasteiger partial charge in [0.05, 0.1) is 0 Å². The number of hydrogen-bond acceptors (Lipinski definition) is 6. The van der Waals surface area contributed by atoms with Gasteiger partial charge in [0.25, 0.3) is 0 Å². The third-order valence-corrected chi connectivity index (χ3v) is 16.4. The van der Waals surface area contributed by atoms with Crippen LogP contribution in [0.3, 0.4) is 0 Å². The number of ether oxygens (including phenoxy) is 3. The lowest BCUT2D eigenvalue weighted by molar-refractivity contribution is -0.167. The van der Waals surface area contributed by atoms with E-state index >= 15 is 0 Å². The molecule has 0 saturated carbocycles. The molecule has 0 aromatic carbocycles. The molecule has 1 atom stereocenters. The van der Waals surface area contributed by atoms with Crippen LogP contribution in [0.1, 0.15) is 406 Å². The monoisotopic (exact) mass is 1110 g/mol. The zero-order valence-corrected chi connectivity index (χ0v) is 53.7. The van der Waals surface area contributed by atoms with E-state index in [9.17, 15) is 14.4 Å². The Morgan fingerprint density at radius 1 is 0.241 bits per heavy atom. The minimum absolute atomic E-state index is 0.0727. The van der Waals surface area contributed by atoms with E-state index in [0.717, 1.165) is 77.0 Å². The molecule has 0 radical (unpaired) electrons. The Kier molecular flexibility index (Phi) is 66.6. The fourth-order valence-corrected chi connectivity index (χ4v) is 11.0. The predicted molar refractivity (Wildman–Crippen MR) is 344 cm³/mol. The van der Waals surface area contributed by atoms with Gasteiger partial charge in [0.15, 0.2) is 6.10 Å². The third kappa shape index (κ3) is 66.6. The Bertz CT molecular complexity index is 1270. The normalized spacial score (nSPS) is 12.1. The fourth-order valence-electron chi connectivity index (χ4n) is 11.0. The molecule has 0 aromatic rings. The van der Waals surface area contributed by atoms with E-state index in [0.29, 0.717) is 19.3 Å². The molecule has 0 bridgehead atoms. The topological polar surface area (TPSA) is 78.9 Å². The number of rotatable bonds is 67. The van der Waals surface area contributed by atoms with E-state index in [1.807, 2.05) is 0 Å². The lowest BCUT2D eigenvalue weighted by Gasteiger charge is -2.18. The molecule has 0 saturated heterocycles. The minimum atomic E-state index is -0.776. The van der Waals surface area contributed by atoms with Crippen LogP contribution in [0.4, 0.5) is 0 Å². The number of carbonyl (C=O) groups excluding carboxylic acids is 3. The average Bonchev–Trinajstić information content (AvgIpc) is 3.45. The Morgan fingerprint density at radius 3 is 0.684 bits per heavy atom. The minimum Gasteiger partial charge on any atom is -0.462 e. The molecule has 1 unspecified atom stereocenters. The summed E-state index contributed by atoms with van der Waals surface area (Å²) in [5.41, 5.74) is 0. The SMILES string of the molecule is CCC/C=C\CCCCCCCC(=O)OCC(COC(=O)CCCCCCCCCCCCCCCCCCCCCCCCCCCCCCCCCCCCC)OC(=O)CCCCCCC/C=C\CCCCCCCCC. The first-order chi connectivity index (χ1) is 39.0. The number of unbranched alkanes of at least 4 members (excludes halogenated alkanes) is 52. The van der Waals surface area contributed by atoms with Crippen LogP contribution >= 0.6 is 0 Å². The summed E-state index contributed by atoms with van der Waals surface area (Å²) in [6, 6.07) is 0. The Labute approximate surface area is 493 Å². The van der Waals surface area contributed by atoms with Gasteiger partial charge in [-0.15, -0.1) is 0 Å². The van der Waals surface area contributed by atoms with Gasteiger partial charge in [-0.25, -0.2) is 0 Å². The Balaban J connectivity index is 3.98. The van der Waals surface area contributed by atoms with Crippen LogP contribution in [0.5, 0.6) is 0 Å². The standard InChI is InChI=1S/C73H138O6/c1-4-7-10-13-16-19-22-24-26-28-29-30-31-32-33-34-35-36-37-38-39-40-41-42-43-44-45-46-48-49-51-54-57-60-63-66-72(75)78-69-70(68-77-71(74)65-62-59-56-53-21-18-15-12-9-6-3)79-73(76)67-64-61-58-55-52-50-47-27-25-23-20-17-14-11-8-5-2/h12,15,27,47,70H,4-11,13-14,16-26,28-46,48-69H2,1-3H3/b15-12-,47-27-. The van der Waals surface area contributed by atoms with Gasteiger partial charge in [-0.2, -0.15) is 0 Å². The summed E-state index contributed by atoms with van der Waals surface area (Å²) in [4.78, 5) is 38.2. The van der Waals surface area contributed by atoms with E-state index in [1.165, 1.54) is 289 Å². The zero-order chi connectivity index (χ0) is 57.1. The van der Waals surface area contributed by atoms with Crippen LogP contribution in [-0.2, 0) is 28.6 Å². The van der Waals surface area contributed by atoms with Crippen molar-refractivity contribution in [3.63, 3.8) is 0 Å². The molecule has 0 spiro atoms. The number of hydrogen-bond donors (Lipinski definition) is 0.